The Kier molecular flexibility index (Phi) is 3.58. The highest BCUT2D eigenvalue weighted by Crippen LogP contribution is 2.24. The van der Waals surface area contributed by atoms with Crippen LogP contribution in [-0.2, 0) is 4.74 Å². The first-order chi connectivity index (χ1) is 8.21. The van der Waals surface area contributed by atoms with E-state index in [-0.39, 0.29) is 12.0 Å². The molecule has 2 rings (SSSR count). The average Bonchev–Trinajstić information content (AvgIpc) is 2.76. The first kappa shape index (κ1) is 11.8. The minimum Gasteiger partial charge on any atom is -0.467 e. The molecule has 1 aromatic rings. The lowest BCUT2D eigenvalue weighted by Crippen LogP contribution is -2.19. The Morgan fingerprint density at radius 3 is 2.71 bits per heavy atom. The molecule has 2 atom stereocenters. The Balaban J connectivity index is 2.01. The summed E-state index contributed by atoms with van der Waals surface area (Å²) in [6.07, 6.45) is 3.34. The summed E-state index contributed by atoms with van der Waals surface area (Å²) >= 11 is 0. The van der Waals surface area contributed by atoms with Crippen molar-refractivity contribution < 1.29 is 9.47 Å². The average molecular weight is 239 g/mol. The fourth-order valence-corrected chi connectivity index (χ4v) is 2.00. The van der Waals surface area contributed by atoms with Crippen LogP contribution >= 0.6 is 0 Å². The van der Waals surface area contributed by atoms with E-state index >= 15 is 0 Å². The molecule has 1 aliphatic rings. The van der Waals surface area contributed by atoms with Crippen molar-refractivity contribution in [1.82, 2.24) is 15.0 Å². The largest absolute Gasteiger partial charge is 0.467 e. The molecule has 2 unspecified atom stereocenters. The van der Waals surface area contributed by atoms with Gasteiger partial charge in [-0.3, -0.25) is 0 Å². The lowest BCUT2D eigenvalue weighted by atomic mass is 10.2. The van der Waals surface area contributed by atoms with Gasteiger partial charge in [0.25, 0.3) is 0 Å². The third-order valence-corrected chi connectivity index (χ3v) is 2.87. The van der Waals surface area contributed by atoms with Crippen molar-refractivity contribution in [2.75, 3.05) is 25.3 Å². The zero-order valence-electron chi connectivity index (χ0n) is 10.0. The van der Waals surface area contributed by atoms with E-state index in [0.29, 0.717) is 18.1 Å². The summed E-state index contributed by atoms with van der Waals surface area (Å²) in [6, 6.07) is 0.535. The fourth-order valence-electron chi connectivity index (χ4n) is 2.00. The fraction of sp³-hybridized carbons (Fsp3) is 0.700. The van der Waals surface area contributed by atoms with Gasteiger partial charge in [-0.15, -0.1) is 0 Å². The van der Waals surface area contributed by atoms with E-state index in [1.807, 2.05) is 0 Å². The Morgan fingerprint density at radius 1 is 1.24 bits per heavy atom. The predicted octanol–water partition coefficient (Wildman–Crippen LogP) is 0.442. The predicted molar refractivity (Wildman–Crippen MR) is 62.9 cm³/mol. The summed E-state index contributed by atoms with van der Waals surface area (Å²) in [5, 5.41) is 3.22. The highest BCUT2D eigenvalue weighted by Gasteiger charge is 2.25. The summed E-state index contributed by atoms with van der Waals surface area (Å²) in [5.41, 5.74) is 5.56. The monoisotopic (exact) mass is 239 g/mol. The molecule has 7 heteroatoms. The van der Waals surface area contributed by atoms with E-state index in [0.717, 1.165) is 19.3 Å². The molecule has 0 spiro atoms. The Morgan fingerprint density at radius 2 is 2.06 bits per heavy atom. The molecule has 0 radical (unpaired) electrons. The van der Waals surface area contributed by atoms with E-state index in [4.69, 9.17) is 15.2 Å². The van der Waals surface area contributed by atoms with Gasteiger partial charge in [-0.25, -0.2) is 0 Å². The van der Waals surface area contributed by atoms with Crippen molar-refractivity contribution in [3.8, 4) is 6.01 Å². The molecule has 1 aliphatic carbocycles. The molecule has 1 heterocycles. The molecule has 1 fully saturated rings. The topological polar surface area (TPSA) is 95.2 Å². The summed E-state index contributed by atoms with van der Waals surface area (Å²) in [6.45, 7) is 0. The maximum absolute atomic E-state index is 5.56. The maximum Gasteiger partial charge on any atom is 0.322 e. The highest BCUT2D eigenvalue weighted by atomic mass is 16.5. The van der Waals surface area contributed by atoms with Crippen LogP contribution in [0.25, 0.3) is 0 Å². The number of nitrogens with two attached hydrogens (primary N) is 1. The summed E-state index contributed by atoms with van der Waals surface area (Å²) < 4.78 is 10.2. The molecule has 3 N–H and O–H groups in total. The third kappa shape index (κ3) is 2.94. The van der Waals surface area contributed by atoms with E-state index < -0.39 is 0 Å². The lowest BCUT2D eigenvalue weighted by Gasteiger charge is -2.13. The normalized spacial score (nSPS) is 23.6. The number of nitrogens with zero attached hydrogens (tertiary/aromatic N) is 3. The Hall–Kier alpha value is -1.63. The minimum absolute atomic E-state index is 0.153. The zero-order chi connectivity index (χ0) is 12.3. The summed E-state index contributed by atoms with van der Waals surface area (Å²) in [5.74, 6) is 0.608. The molecule has 17 heavy (non-hydrogen) atoms. The van der Waals surface area contributed by atoms with Gasteiger partial charge in [0.1, 0.15) is 0 Å². The molecular weight excluding hydrogens is 222 g/mol. The number of nitrogens with one attached hydrogen (secondary N) is 1. The van der Waals surface area contributed by atoms with E-state index in [9.17, 15) is 0 Å². The first-order valence-corrected chi connectivity index (χ1v) is 5.56. The molecule has 7 nitrogen and oxygen atoms in total. The van der Waals surface area contributed by atoms with E-state index in [1.165, 1.54) is 7.11 Å². The second kappa shape index (κ2) is 5.13. The Labute approximate surface area is 99.8 Å². The van der Waals surface area contributed by atoms with Crippen LogP contribution in [0.3, 0.4) is 0 Å². The molecule has 1 saturated carbocycles. The van der Waals surface area contributed by atoms with Gasteiger partial charge in [-0.05, 0) is 19.3 Å². The number of hydrogen-bond donors (Lipinski definition) is 2. The van der Waals surface area contributed by atoms with Crippen LogP contribution in [0.1, 0.15) is 19.3 Å². The molecule has 94 valence electrons. The van der Waals surface area contributed by atoms with Crippen molar-refractivity contribution in [1.29, 1.82) is 0 Å². The van der Waals surface area contributed by atoms with Crippen molar-refractivity contribution in [3.63, 3.8) is 0 Å². The summed E-state index contributed by atoms with van der Waals surface area (Å²) in [4.78, 5) is 11.9. The van der Waals surface area contributed by atoms with E-state index in [1.54, 1.807) is 7.11 Å². The Bertz CT molecular complexity index is 387. The summed E-state index contributed by atoms with van der Waals surface area (Å²) in [7, 11) is 3.23. The number of aromatic nitrogens is 3. The smallest absolute Gasteiger partial charge is 0.322 e. The van der Waals surface area contributed by atoms with Gasteiger partial charge in [0.2, 0.25) is 11.9 Å². The van der Waals surface area contributed by atoms with Crippen LogP contribution in [0.4, 0.5) is 11.9 Å². The van der Waals surface area contributed by atoms with Gasteiger partial charge in [-0.1, -0.05) is 0 Å². The van der Waals surface area contributed by atoms with Crippen LogP contribution < -0.4 is 15.8 Å². The van der Waals surface area contributed by atoms with Crippen LogP contribution in [0.5, 0.6) is 6.01 Å². The molecule has 0 amide bonds. The molecule has 0 aliphatic heterocycles. The number of hydrogen-bond acceptors (Lipinski definition) is 7. The molecular formula is C10H17N5O2. The zero-order valence-corrected chi connectivity index (χ0v) is 10.0. The van der Waals surface area contributed by atoms with E-state index in [2.05, 4.69) is 20.3 Å². The van der Waals surface area contributed by atoms with Gasteiger partial charge in [0.05, 0.1) is 13.2 Å². The van der Waals surface area contributed by atoms with Gasteiger partial charge in [0.15, 0.2) is 0 Å². The number of nitrogen functional groups attached to an aromatic ring is 1. The second-order valence-electron chi connectivity index (χ2n) is 4.02. The molecule has 0 aromatic carbocycles. The van der Waals surface area contributed by atoms with Crippen LogP contribution in [0.15, 0.2) is 0 Å². The van der Waals surface area contributed by atoms with Crippen molar-refractivity contribution in [2.45, 2.75) is 31.4 Å². The van der Waals surface area contributed by atoms with Gasteiger partial charge in [-0.2, -0.15) is 15.0 Å². The van der Waals surface area contributed by atoms with Crippen molar-refractivity contribution in [2.24, 2.45) is 0 Å². The number of anilines is 2. The van der Waals surface area contributed by atoms with Crippen molar-refractivity contribution >= 4 is 11.9 Å². The number of methoxy groups -OCH3 is 2. The third-order valence-electron chi connectivity index (χ3n) is 2.87. The second-order valence-corrected chi connectivity index (χ2v) is 4.02. The SMILES string of the molecule is COc1nc(N)nc(NC2CCC(OC)C2)n1. The van der Waals surface area contributed by atoms with Gasteiger partial charge >= 0.3 is 6.01 Å². The number of rotatable bonds is 4. The molecule has 1 aromatic heterocycles. The lowest BCUT2D eigenvalue weighted by molar-refractivity contribution is 0.108. The standard InChI is InChI=1S/C10H17N5O2/c1-16-7-4-3-6(5-7)12-9-13-8(11)14-10(15-9)17-2/h6-7H,3-5H2,1-2H3,(H3,11,12,13,14,15). The van der Waals surface area contributed by atoms with Gasteiger partial charge < -0.3 is 20.5 Å². The number of ether oxygens (including phenoxy) is 2. The molecule has 0 saturated heterocycles. The van der Waals surface area contributed by atoms with Crippen LogP contribution in [0, 0.1) is 0 Å². The highest BCUT2D eigenvalue weighted by molar-refractivity contribution is 5.33. The van der Waals surface area contributed by atoms with Crippen LogP contribution in [0.2, 0.25) is 0 Å². The van der Waals surface area contributed by atoms with Crippen LogP contribution in [-0.4, -0.2) is 41.3 Å². The van der Waals surface area contributed by atoms with Gasteiger partial charge in [0, 0.05) is 13.2 Å². The molecule has 0 bridgehead atoms. The minimum atomic E-state index is 0.153. The maximum atomic E-state index is 5.56. The van der Waals surface area contributed by atoms with Crippen molar-refractivity contribution in [3.05, 3.63) is 0 Å². The first-order valence-electron chi connectivity index (χ1n) is 5.56. The quantitative estimate of drug-likeness (QED) is 0.787.